The zero-order chi connectivity index (χ0) is 9.54. The molecule has 3 heteroatoms. The van der Waals surface area contributed by atoms with E-state index >= 15 is 0 Å². The Labute approximate surface area is 87.0 Å². The summed E-state index contributed by atoms with van der Waals surface area (Å²) in [4.78, 5) is 6.41. The lowest BCUT2D eigenvalue weighted by molar-refractivity contribution is 0.907. The molecule has 0 atom stereocenters. The second-order valence-electron chi connectivity index (χ2n) is 3.59. The largest absolute Gasteiger partial charge is 0.334 e. The van der Waals surface area contributed by atoms with Crippen LogP contribution >= 0.6 is 12.2 Å². The normalized spacial score (nSPS) is 13.4. The van der Waals surface area contributed by atoms with Gasteiger partial charge in [-0.15, -0.1) is 0 Å². The summed E-state index contributed by atoms with van der Waals surface area (Å²) in [6, 6.07) is 8.48. The predicted octanol–water partition coefficient (Wildman–Crippen LogP) is 2.84. The monoisotopic (exact) mass is 202 g/mol. The molecule has 1 aliphatic rings. The molecule has 2 nitrogen and oxygen atoms in total. The average Bonchev–Trinajstić information content (AvgIpc) is 2.59. The molecule has 1 aliphatic carbocycles. The quantitative estimate of drug-likeness (QED) is 0.632. The Balaban J connectivity index is 2.33. The van der Waals surface area contributed by atoms with E-state index in [2.05, 4.69) is 34.2 Å². The van der Waals surface area contributed by atoms with E-state index in [0.29, 0.717) is 0 Å². The van der Waals surface area contributed by atoms with E-state index in [9.17, 15) is 0 Å². The third-order valence-corrected chi connectivity index (χ3v) is 2.94. The molecule has 0 fully saturated rings. The molecule has 70 valence electrons. The molecule has 2 aromatic rings. The summed E-state index contributed by atoms with van der Waals surface area (Å²) in [5.41, 5.74) is 5.12. The summed E-state index contributed by atoms with van der Waals surface area (Å²) in [7, 11) is 0. The number of H-pyrrole nitrogens is 2. The van der Waals surface area contributed by atoms with Crippen LogP contribution in [-0.2, 0) is 12.8 Å². The molecule has 14 heavy (non-hydrogen) atoms. The first-order chi connectivity index (χ1) is 6.84. The first-order valence-electron chi connectivity index (χ1n) is 4.74. The maximum Gasteiger partial charge on any atom is 0.175 e. The van der Waals surface area contributed by atoms with Crippen LogP contribution in [0.2, 0.25) is 0 Å². The molecule has 0 spiro atoms. The van der Waals surface area contributed by atoms with Crippen molar-refractivity contribution in [3.8, 4) is 11.3 Å². The second-order valence-corrected chi connectivity index (χ2v) is 4.00. The van der Waals surface area contributed by atoms with Gasteiger partial charge in [0.05, 0.1) is 5.69 Å². The van der Waals surface area contributed by atoms with Gasteiger partial charge in [-0.3, -0.25) is 0 Å². The molecular formula is C11H10N2S. The van der Waals surface area contributed by atoms with Crippen LogP contribution < -0.4 is 0 Å². The molecule has 0 saturated heterocycles. The second kappa shape index (κ2) is 2.82. The fourth-order valence-electron chi connectivity index (χ4n) is 2.08. The van der Waals surface area contributed by atoms with E-state index in [4.69, 9.17) is 12.2 Å². The van der Waals surface area contributed by atoms with Crippen LogP contribution in [0.5, 0.6) is 0 Å². The van der Waals surface area contributed by atoms with Gasteiger partial charge in [-0.05, 0) is 30.6 Å². The Morgan fingerprint density at radius 1 is 1.07 bits per heavy atom. The van der Waals surface area contributed by atoms with Crippen LogP contribution in [0.4, 0.5) is 0 Å². The zero-order valence-electron chi connectivity index (χ0n) is 7.63. The predicted molar refractivity (Wildman–Crippen MR) is 58.8 cm³/mol. The van der Waals surface area contributed by atoms with Crippen molar-refractivity contribution >= 4 is 12.2 Å². The number of aromatic nitrogens is 2. The zero-order valence-corrected chi connectivity index (χ0v) is 8.45. The van der Waals surface area contributed by atoms with Crippen LogP contribution in [0.15, 0.2) is 24.3 Å². The standard InChI is InChI=1S/C11H10N2S/c14-11-12-9-6-5-7-3-1-2-4-8(7)10(9)13-11/h1-4H,5-6H2,(H2,12,13,14). The maximum absolute atomic E-state index is 5.10. The topological polar surface area (TPSA) is 31.6 Å². The molecule has 1 aromatic carbocycles. The van der Waals surface area contributed by atoms with E-state index in [0.717, 1.165) is 17.6 Å². The molecule has 0 radical (unpaired) electrons. The Bertz CT molecular complexity index is 536. The molecule has 1 aromatic heterocycles. The van der Waals surface area contributed by atoms with Crippen molar-refractivity contribution < 1.29 is 0 Å². The van der Waals surface area contributed by atoms with Crippen molar-refractivity contribution in [1.29, 1.82) is 0 Å². The Morgan fingerprint density at radius 2 is 1.93 bits per heavy atom. The first-order valence-corrected chi connectivity index (χ1v) is 5.15. The minimum absolute atomic E-state index is 0.728. The highest BCUT2D eigenvalue weighted by atomic mass is 32.1. The van der Waals surface area contributed by atoms with Crippen LogP contribution in [0, 0.1) is 4.77 Å². The number of hydrogen-bond donors (Lipinski definition) is 2. The molecule has 0 bridgehead atoms. The lowest BCUT2D eigenvalue weighted by Gasteiger charge is -2.14. The minimum atomic E-state index is 0.728. The van der Waals surface area contributed by atoms with Gasteiger partial charge < -0.3 is 9.97 Å². The van der Waals surface area contributed by atoms with Crippen molar-refractivity contribution in [3.05, 3.63) is 40.3 Å². The van der Waals surface area contributed by atoms with Gasteiger partial charge in [0, 0.05) is 11.3 Å². The fourth-order valence-corrected chi connectivity index (χ4v) is 2.30. The Kier molecular flexibility index (Phi) is 1.61. The number of imidazole rings is 1. The molecule has 0 saturated carbocycles. The summed E-state index contributed by atoms with van der Waals surface area (Å²) >= 11 is 5.10. The lowest BCUT2D eigenvalue weighted by atomic mass is 9.93. The summed E-state index contributed by atoms with van der Waals surface area (Å²) < 4.78 is 0.728. The maximum atomic E-state index is 5.10. The van der Waals surface area contributed by atoms with Gasteiger partial charge in [-0.2, -0.15) is 0 Å². The molecule has 3 rings (SSSR count). The third kappa shape index (κ3) is 1.06. The highest BCUT2D eigenvalue weighted by Gasteiger charge is 2.16. The summed E-state index contributed by atoms with van der Waals surface area (Å²) in [6.45, 7) is 0. The summed E-state index contributed by atoms with van der Waals surface area (Å²) in [6.07, 6.45) is 2.16. The number of rotatable bonds is 0. The smallest absolute Gasteiger partial charge is 0.175 e. The molecule has 0 unspecified atom stereocenters. The third-order valence-electron chi connectivity index (χ3n) is 2.74. The number of nitrogens with one attached hydrogen (secondary N) is 2. The molecule has 1 heterocycles. The van der Waals surface area contributed by atoms with E-state index in [-0.39, 0.29) is 0 Å². The van der Waals surface area contributed by atoms with Gasteiger partial charge in [-0.25, -0.2) is 0 Å². The van der Waals surface area contributed by atoms with Gasteiger partial charge in [0.1, 0.15) is 0 Å². The van der Waals surface area contributed by atoms with Gasteiger partial charge in [0.2, 0.25) is 0 Å². The van der Waals surface area contributed by atoms with E-state index in [1.54, 1.807) is 0 Å². The van der Waals surface area contributed by atoms with Crippen LogP contribution in [-0.4, -0.2) is 9.97 Å². The molecular weight excluding hydrogens is 192 g/mol. The van der Waals surface area contributed by atoms with Crippen LogP contribution in [0.3, 0.4) is 0 Å². The van der Waals surface area contributed by atoms with Crippen LogP contribution in [0.1, 0.15) is 11.3 Å². The van der Waals surface area contributed by atoms with Crippen molar-refractivity contribution in [2.75, 3.05) is 0 Å². The van der Waals surface area contributed by atoms with Gasteiger partial charge in [0.25, 0.3) is 0 Å². The minimum Gasteiger partial charge on any atom is -0.334 e. The Hall–Kier alpha value is -1.35. The van der Waals surface area contributed by atoms with E-state index in [1.165, 1.54) is 22.5 Å². The highest BCUT2D eigenvalue weighted by molar-refractivity contribution is 7.71. The average molecular weight is 202 g/mol. The van der Waals surface area contributed by atoms with Crippen molar-refractivity contribution in [2.24, 2.45) is 0 Å². The number of aromatic amines is 2. The SMILES string of the molecule is S=c1[nH]c2c([nH]1)-c1ccccc1CC2. The Morgan fingerprint density at radius 3 is 2.86 bits per heavy atom. The van der Waals surface area contributed by atoms with Gasteiger partial charge in [-0.1, -0.05) is 24.3 Å². The van der Waals surface area contributed by atoms with Crippen molar-refractivity contribution in [2.45, 2.75) is 12.8 Å². The molecule has 0 amide bonds. The summed E-state index contributed by atoms with van der Waals surface area (Å²) in [5, 5.41) is 0. The van der Waals surface area contributed by atoms with Gasteiger partial charge >= 0.3 is 0 Å². The van der Waals surface area contributed by atoms with Crippen molar-refractivity contribution in [1.82, 2.24) is 9.97 Å². The highest BCUT2D eigenvalue weighted by Crippen LogP contribution is 2.30. The van der Waals surface area contributed by atoms with Crippen LogP contribution in [0.25, 0.3) is 11.3 Å². The van der Waals surface area contributed by atoms with E-state index in [1.807, 2.05) is 0 Å². The van der Waals surface area contributed by atoms with Crippen molar-refractivity contribution in [3.63, 3.8) is 0 Å². The number of hydrogen-bond acceptors (Lipinski definition) is 1. The van der Waals surface area contributed by atoms with E-state index < -0.39 is 0 Å². The first kappa shape index (κ1) is 8.00. The lowest BCUT2D eigenvalue weighted by Crippen LogP contribution is -2.02. The fraction of sp³-hybridized carbons (Fsp3) is 0.182. The summed E-state index contributed by atoms with van der Waals surface area (Å²) in [5.74, 6) is 0. The number of aryl methyl sites for hydroxylation is 2. The molecule has 2 N–H and O–H groups in total. The molecule has 0 aliphatic heterocycles. The van der Waals surface area contributed by atoms with Gasteiger partial charge in [0.15, 0.2) is 4.77 Å². The number of benzene rings is 1. The number of fused-ring (bicyclic) bond motifs is 3.